The molecule has 0 heterocycles. The van der Waals surface area contributed by atoms with Gasteiger partial charge in [0.2, 0.25) is 0 Å². The van der Waals surface area contributed by atoms with Crippen molar-refractivity contribution in [3.63, 3.8) is 0 Å². The van der Waals surface area contributed by atoms with E-state index in [0.717, 1.165) is 0 Å². The Morgan fingerprint density at radius 1 is 1.35 bits per heavy atom. The van der Waals surface area contributed by atoms with E-state index in [0.29, 0.717) is 5.56 Å². The van der Waals surface area contributed by atoms with Crippen molar-refractivity contribution in [2.45, 2.75) is 32.7 Å². The maximum Gasteiger partial charge on any atom is 0.291 e. The molecule has 0 saturated carbocycles. The summed E-state index contributed by atoms with van der Waals surface area (Å²) in [5.74, 6) is -3.20. The predicted molar refractivity (Wildman–Crippen MR) is 62.3 cm³/mol. The number of hydrogen-bond acceptors (Lipinski definition) is 2. The molecule has 1 rings (SSSR count). The lowest BCUT2D eigenvalue weighted by Crippen LogP contribution is -2.32. The zero-order valence-electron chi connectivity index (χ0n) is 10.2. The summed E-state index contributed by atoms with van der Waals surface area (Å²) in [5.41, 5.74) is 4.38. The molecule has 0 fully saturated rings. The second-order valence-corrected chi connectivity index (χ2v) is 4.73. The molecule has 0 spiro atoms. The van der Waals surface area contributed by atoms with Crippen molar-refractivity contribution in [2.75, 3.05) is 0 Å². The third-order valence-corrected chi connectivity index (χ3v) is 2.84. The molecule has 4 heteroatoms. The lowest BCUT2D eigenvalue weighted by molar-refractivity contribution is -0.0854. The minimum Gasteiger partial charge on any atom is -0.324 e. The Balaban J connectivity index is 3.25. The van der Waals surface area contributed by atoms with Gasteiger partial charge in [-0.25, -0.2) is 0 Å². The summed E-state index contributed by atoms with van der Waals surface area (Å²) in [5, 5.41) is 8.81. The SMILES string of the molecule is C[C@@H](N)c1cccc(C(F)(F)C(C)(C)C#N)c1. The van der Waals surface area contributed by atoms with E-state index >= 15 is 0 Å². The Kier molecular flexibility index (Phi) is 3.53. The molecule has 0 aliphatic heterocycles. The summed E-state index contributed by atoms with van der Waals surface area (Å²) in [6.45, 7) is 4.18. The largest absolute Gasteiger partial charge is 0.324 e. The quantitative estimate of drug-likeness (QED) is 0.877. The maximum absolute atomic E-state index is 14.1. The van der Waals surface area contributed by atoms with Gasteiger partial charge in [-0.3, -0.25) is 0 Å². The molecule has 2 nitrogen and oxygen atoms in total. The van der Waals surface area contributed by atoms with Gasteiger partial charge in [0.05, 0.1) is 6.07 Å². The molecular weight excluding hydrogens is 222 g/mol. The van der Waals surface area contributed by atoms with E-state index < -0.39 is 11.3 Å². The molecule has 0 bridgehead atoms. The molecule has 2 N–H and O–H groups in total. The molecule has 17 heavy (non-hydrogen) atoms. The monoisotopic (exact) mass is 238 g/mol. The molecule has 0 saturated heterocycles. The van der Waals surface area contributed by atoms with Crippen molar-refractivity contribution in [1.82, 2.24) is 0 Å². The van der Waals surface area contributed by atoms with Gasteiger partial charge in [0.1, 0.15) is 5.41 Å². The minimum absolute atomic E-state index is 0.168. The summed E-state index contributed by atoms with van der Waals surface area (Å²) in [7, 11) is 0. The molecule has 0 aliphatic carbocycles. The Morgan fingerprint density at radius 2 is 1.94 bits per heavy atom. The first kappa shape index (κ1) is 13.6. The third-order valence-electron chi connectivity index (χ3n) is 2.84. The van der Waals surface area contributed by atoms with Crippen LogP contribution >= 0.6 is 0 Å². The van der Waals surface area contributed by atoms with Crippen LogP contribution in [-0.2, 0) is 5.92 Å². The van der Waals surface area contributed by atoms with E-state index in [1.165, 1.54) is 32.0 Å². The van der Waals surface area contributed by atoms with Crippen molar-refractivity contribution in [3.8, 4) is 6.07 Å². The minimum atomic E-state index is -3.20. The van der Waals surface area contributed by atoms with Crippen LogP contribution in [0.1, 0.15) is 37.9 Å². The molecule has 1 aromatic rings. The Morgan fingerprint density at radius 3 is 2.41 bits per heavy atom. The van der Waals surface area contributed by atoms with Crippen molar-refractivity contribution in [3.05, 3.63) is 35.4 Å². The van der Waals surface area contributed by atoms with Crippen LogP contribution < -0.4 is 5.73 Å². The third kappa shape index (κ3) is 2.45. The van der Waals surface area contributed by atoms with E-state index in [1.807, 2.05) is 0 Å². The summed E-state index contributed by atoms with van der Waals surface area (Å²) in [4.78, 5) is 0. The van der Waals surface area contributed by atoms with Gasteiger partial charge in [-0.15, -0.1) is 0 Å². The predicted octanol–water partition coefficient (Wildman–Crippen LogP) is 3.35. The van der Waals surface area contributed by atoms with Gasteiger partial charge in [-0.05, 0) is 32.4 Å². The van der Waals surface area contributed by atoms with Gasteiger partial charge >= 0.3 is 0 Å². The molecule has 0 aliphatic rings. The van der Waals surface area contributed by atoms with E-state index in [9.17, 15) is 8.78 Å². The summed E-state index contributed by atoms with van der Waals surface area (Å²) in [6.07, 6.45) is 0. The van der Waals surface area contributed by atoms with Crippen molar-refractivity contribution < 1.29 is 8.78 Å². The summed E-state index contributed by atoms with van der Waals surface area (Å²) in [6, 6.07) is 7.26. The lowest BCUT2D eigenvalue weighted by atomic mass is 9.82. The highest BCUT2D eigenvalue weighted by atomic mass is 19.3. The normalized spacial score (nSPS) is 14.2. The van der Waals surface area contributed by atoms with Crippen LogP contribution in [0.3, 0.4) is 0 Å². The van der Waals surface area contributed by atoms with E-state index in [4.69, 9.17) is 11.0 Å². The first-order valence-corrected chi connectivity index (χ1v) is 5.37. The highest BCUT2D eigenvalue weighted by Crippen LogP contribution is 2.44. The van der Waals surface area contributed by atoms with Crippen molar-refractivity contribution in [1.29, 1.82) is 5.26 Å². The van der Waals surface area contributed by atoms with Gasteiger partial charge < -0.3 is 5.73 Å². The number of hydrogen-bond donors (Lipinski definition) is 1. The van der Waals surface area contributed by atoms with E-state index in [-0.39, 0.29) is 11.6 Å². The Bertz CT molecular complexity index is 445. The van der Waals surface area contributed by atoms with Crippen LogP contribution in [-0.4, -0.2) is 0 Å². The number of nitriles is 1. The smallest absolute Gasteiger partial charge is 0.291 e. The number of rotatable bonds is 3. The zero-order chi connectivity index (χ0) is 13.3. The molecule has 0 aromatic heterocycles. The number of alkyl halides is 2. The van der Waals surface area contributed by atoms with Gasteiger partial charge in [-0.1, -0.05) is 18.2 Å². The molecule has 0 amide bonds. The summed E-state index contributed by atoms with van der Waals surface area (Å²) < 4.78 is 28.2. The first-order valence-electron chi connectivity index (χ1n) is 5.37. The fourth-order valence-electron chi connectivity index (χ4n) is 1.45. The molecular formula is C13H16F2N2. The second kappa shape index (κ2) is 4.42. The lowest BCUT2D eigenvalue weighted by Gasteiger charge is -2.28. The van der Waals surface area contributed by atoms with E-state index in [2.05, 4.69) is 0 Å². The molecule has 92 valence electrons. The molecule has 0 unspecified atom stereocenters. The van der Waals surface area contributed by atoms with Gasteiger partial charge in [0.25, 0.3) is 5.92 Å². The van der Waals surface area contributed by atoms with Crippen LogP contribution in [0.5, 0.6) is 0 Å². The van der Waals surface area contributed by atoms with Crippen molar-refractivity contribution in [2.24, 2.45) is 11.1 Å². The van der Waals surface area contributed by atoms with E-state index in [1.54, 1.807) is 19.1 Å². The number of nitrogens with zero attached hydrogens (tertiary/aromatic N) is 1. The van der Waals surface area contributed by atoms with Crippen LogP contribution in [0.25, 0.3) is 0 Å². The standard InChI is InChI=1S/C13H16F2N2/c1-9(17)10-5-4-6-11(7-10)13(14,15)12(2,3)8-16/h4-7,9H,17H2,1-3H3/t9-/m1/s1. The average Bonchev–Trinajstić information content (AvgIpc) is 2.28. The van der Waals surface area contributed by atoms with Gasteiger partial charge in [0, 0.05) is 11.6 Å². The highest BCUT2D eigenvalue weighted by Gasteiger charge is 2.48. The Hall–Kier alpha value is -1.47. The summed E-state index contributed by atoms with van der Waals surface area (Å²) >= 11 is 0. The number of nitrogens with two attached hydrogens (primary N) is 1. The number of benzene rings is 1. The fraction of sp³-hybridized carbons (Fsp3) is 0.462. The van der Waals surface area contributed by atoms with Gasteiger partial charge in [0.15, 0.2) is 0 Å². The second-order valence-electron chi connectivity index (χ2n) is 4.73. The topological polar surface area (TPSA) is 49.8 Å². The number of halogens is 2. The van der Waals surface area contributed by atoms with Crippen LogP contribution in [0.15, 0.2) is 24.3 Å². The van der Waals surface area contributed by atoms with Crippen molar-refractivity contribution >= 4 is 0 Å². The highest BCUT2D eigenvalue weighted by molar-refractivity contribution is 5.31. The molecule has 0 radical (unpaired) electrons. The van der Waals surface area contributed by atoms with Crippen LogP contribution in [0, 0.1) is 16.7 Å². The molecule has 1 aromatic carbocycles. The van der Waals surface area contributed by atoms with Crippen LogP contribution in [0.4, 0.5) is 8.78 Å². The van der Waals surface area contributed by atoms with Gasteiger partial charge in [-0.2, -0.15) is 14.0 Å². The Labute approximate surface area is 100 Å². The average molecular weight is 238 g/mol. The maximum atomic E-state index is 14.1. The fourth-order valence-corrected chi connectivity index (χ4v) is 1.45. The molecule has 1 atom stereocenters. The first-order chi connectivity index (χ1) is 7.72. The zero-order valence-corrected chi connectivity index (χ0v) is 10.2. The van der Waals surface area contributed by atoms with Crippen LogP contribution in [0.2, 0.25) is 0 Å².